The first-order valence-corrected chi connectivity index (χ1v) is 6.09. The number of likely N-dealkylation sites (N-methyl/N-ethyl adjacent to an activating group) is 1. The monoisotopic (exact) mass is 245 g/mol. The van der Waals surface area contributed by atoms with Crippen LogP contribution in [0, 0.1) is 0 Å². The number of hydrogen-bond acceptors (Lipinski definition) is 3. The van der Waals surface area contributed by atoms with E-state index >= 15 is 0 Å². The lowest BCUT2D eigenvalue weighted by Gasteiger charge is -2.23. The first-order valence-electron chi connectivity index (χ1n) is 6.09. The number of benzene rings is 1. The van der Waals surface area contributed by atoms with E-state index in [4.69, 9.17) is 4.42 Å². The molecular formula is C14H15NO3. The van der Waals surface area contributed by atoms with Gasteiger partial charge in [-0.15, -0.1) is 0 Å². The average molecular weight is 245 g/mol. The summed E-state index contributed by atoms with van der Waals surface area (Å²) >= 11 is 0. The molecule has 94 valence electrons. The zero-order valence-electron chi connectivity index (χ0n) is 10.2. The van der Waals surface area contributed by atoms with Gasteiger partial charge < -0.3 is 9.52 Å². The maximum Gasteiger partial charge on any atom is 0.325 e. The Kier molecular flexibility index (Phi) is 2.59. The minimum atomic E-state index is -0.823. The zero-order valence-corrected chi connectivity index (χ0v) is 10.2. The lowest BCUT2D eigenvalue weighted by atomic mass is 10.0. The van der Waals surface area contributed by atoms with Crippen LogP contribution in [-0.4, -0.2) is 29.1 Å². The molecule has 1 N–H and O–H groups in total. The van der Waals surface area contributed by atoms with Gasteiger partial charge in [0.05, 0.1) is 6.26 Å². The lowest BCUT2D eigenvalue weighted by molar-refractivity contribution is -0.143. The molecule has 1 aromatic carbocycles. The van der Waals surface area contributed by atoms with Crippen molar-refractivity contribution in [3.05, 3.63) is 36.1 Å². The summed E-state index contributed by atoms with van der Waals surface area (Å²) in [5, 5.41) is 10.4. The quantitative estimate of drug-likeness (QED) is 0.899. The van der Waals surface area contributed by atoms with Gasteiger partial charge >= 0.3 is 5.97 Å². The first kappa shape index (κ1) is 11.3. The second-order valence-corrected chi connectivity index (χ2v) is 4.82. The van der Waals surface area contributed by atoms with Crippen LogP contribution in [0.2, 0.25) is 0 Å². The van der Waals surface area contributed by atoms with Crippen LogP contribution in [-0.2, 0) is 4.79 Å². The van der Waals surface area contributed by atoms with E-state index in [9.17, 15) is 9.90 Å². The molecule has 0 spiro atoms. The summed E-state index contributed by atoms with van der Waals surface area (Å²) < 4.78 is 5.44. The van der Waals surface area contributed by atoms with Crippen LogP contribution >= 0.6 is 0 Å². The largest absolute Gasteiger partial charge is 0.480 e. The highest BCUT2D eigenvalue weighted by Crippen LogP contribution is 2.36. The van der Waals surface area contributed by atoms with Gasteiger partial charge in [-0.2, -0.15) is 0 Å². The zero-order chi connectivity index (χ0) is 12.7. The standard InChI is InChI=1S/C14H15NO3/c1-15(9-6-7-9)13(14(16)17)11-8-18-12-5-3-2-4-10(11)12/h2-5,8-9,13H,6-7H2,1H3,(H,16,17). The predicted octanol–water partition coefficient (Wildman–Crippen LogP) is 2.65. The van der Waals surface area contributed by atoms with Crippen molar-refractivity contribution in [2.24, 2.45) is 0 Å². The van der Waals surface area contributed by atoms with Crippen molar-refractivity contribution >= 4 is 16.9 Å². The third kappa shape index (κ3) is 1.78. The highest BCUT2D eigenvalue weighted by Gasteiger charge is 2.37. The topological polar surface area (TPSA) is 53.7 Å². The summed E-state index contributed by atoms with van der Waals surface area (Å²) in [5.41, 5.74) is 1.48. The fraction of sp³-hybridized carbons (Fsp3) is 0.357. The molecule has 1 aliphatic carbocycles. The smallest absolute Gasteiger partial charge is 0.325 e. The number of carbonyl (C=O) groups is 1. The Morgan fingerprint density at radius 2 is 2.17 bits per heavy atom. The minimum Gasteiger partial charge on any atom is -0.480 e. The van der Waals surface area contributed by atoms with Gasteiger partial charge in [0.25, 0.3) is 0 Å². The van der Waals surface area contributed by atoms with Crippen molar-refractivity contribution < 1.29 is 14.3 Å². The molecule has 0 bridgehead atoms. The van der Waals surface area contributed by atoms with Gasteiger partial charge in [0.1, 0.15) is 11.6 Å². The summed E-state index contributed by atoms with van der Waals surface area (Å²) in [6.07, 6.45) is 3.73. The Labute approximate surface area is 105 Å². The molecule has 1 aromatic heterocycles. The van der Waals surface area contributed by atoms with E-state index in [0.29, 0.717) is 6.04 Å². The van der Waals surface area contributed by atoms with E-state index in [1.807, 2.05) is 36.2 Å². The van der Waals surface area contributed by atoms with E-state index in [0.717, 1.165) is 29.4 Å². The molecule has 1 heterocycles. The van der Waals surface area contributed by atoms with Crippen molar-refractivity contribution in [1.82, 2.24) is 4.90 Å². The summed E-state index contributed by atoms with van der Waals surface area (Å²) in [4.78, 5) is 13.5. The molecular weight excluding hydrogens is 230 g/mol. The Balaban J connectivity index is 2.06. The van der Waals surface area contributed by atoms with E-state index < -0.39 is 12.0 Å². The van der Waals surface area contributed by atoms with Crippen molar-refractivity contribution in [3.8, 4) is 0 Å². The summed E-state index contributed by atoms with van der Waals surface area (Å²) in [5.74, 6) is -0.823. The van der Waals surface area contributed by atoms with Gasteiger partial charge in [0.2, 0.25) is 0 Å². The second kappa shape index (κ2) is 4.14. The number of carboxylic acid groups (broad SMARTS) is 1. The van der Waals surface area contributed by atoms with E-state index in [1.165, 1.54) is 0 Å². The third-order valence-corrected chi connectivity index (χ3v) is 3.57. The van der Waals surface area contributed by atoms with Crippen molar-refractivity contribution in [2.45, 2.75) is 24.9 Å². The molecule has 18 heavy (non-hydrogen) atoms. The molecule has 1 fully saturated rings. The Morgan fingerprint density at radius 3 is 2.83 bits per heavy atom. The van der Waals surface area contributed by atoms with Crippen LogP contribution in [0.15, 0.2) is 34.9 Å². The van der Waals surface area contributed by atoms with Crippen LogP contribution in [0.1, 0.15) is 24.4 Å². The number of fused-ring (bicyclic) bond motifs is 1. The molecule has 0 saturated heterocycles. The summed E-state index contributed by atoms with van der Waals surface area (Å²) in [6.45, 7) is 0. The van der Waals surface area contributed by atoms with E-state index in [2.05, 4.69) is 0 Å². The molecule has 1 aliphatic rings. The van der Waals surface area contributed by atoms with Gasteiger partial charge in [-0.1, -0.05) is 18.2 Å². The second-order valence-electron chi connectivity index (χ2n) is 4.82. The van der Waals surface area contributed by atoms with E-state index in [-0.39, 0.29) is 0 Å². The van der Waals surface area contributed by atoms with Gasteiger partial charge in [-0.05, 0) is 26.0 Å². The predicted molar refractivity (Wildman–Crippen MR) is 67.4 cm³/mol. The summed E-state index contributed by atoms with van der Waals surface area (Å²) in [7, 11) is 1.87. The molecule has 2 aromatic rings. The molecule has 0 amide bonds. The van der Waals surface area contributed by atoms with Gasteiger partial charge in [0, 0.05) is 17.0 Å². The van der Waals surface area contributed by atoms with Gasteiger partial charge in [-0.3, -0.25) is 9.69 Å². The van der Waals surface area contributed by atoms with Crippen LogP contribution in [0.5, 0.6) is 0 Å². The normalized spacial score (nSPS) is 17.2. The molecule has 4 heteroatoms. The molecule has 4 nitrogen and oxygen atoms in total. The molecule has 3 rings (SSSR count). The fourth-order valence-electron chi connectivity index (χ4n) is 2.43. The number of furan rings is 1. The van der Waals surface area contributed by atoms with Crippen molar-refractivity contribution in [1.29, 1.82) is 0 Å². The molecule has 1 atom stereocenters. The number of aliphatic carboxylic acids is 1. The summed E-state index contributed by atoms with van der Waals surface area (Å²) in [6, 6.07) is 7.31. The third-order valence-electron chi connectivity index (χ3n) is 3.57. The SMILES string of the molecule is CN(C1CC1)C(C(=O)O)c1coc2ccccc12. The lowest BCUT2D eigenvalue weighted by Crippen LogP contribution is -2.32. The fourth-order valence-corrected chi connectivity index (χ4v) is 2.43. The minimum absolute atomic E-state index is 0.389. The Bertz CT molecular complexity index is 585. The highest BCUT2D eigenvalue weighted by atomic mass is 16.4. The van der Waals surface area contributed by atoms with E-state index in [1.54, 1.807) is 6.26 Å². The number of hydrogen-bond donors (Lipinski definition) is 1. The molecule has 1 unspecified atom stereocenters. The van der Waals surface area contributed by atoms with Crippen LogP contribution in [0.4, 0.5) is 0 Å². The van der Waals surface area contributed by atoms with Gasteiger partial charge in [0.15, 0.2) is 0 Å². The molecule has 0 radical (unpaired) electrons. The average Bonchev–Trinajstić information content (AvgIpc) is 3.12. The van der Waals surface area contributed by atoms with Crippen LogP contribution < -0.4 is 0 Å². The van der Waals surface area contributed by atoms with Crippen LogP contribution in [0.3, 0.4) is 0 Å². The maximum atomic E-state index is 11.5. The number of nitrogens with zero attached hydrogens (tertiary/aromatic N) is 1. The number of carboxylic acids is 1. The highest BCUT2D eigenvalue weighted by molar-refractivity contribution is 5.87. The van der Waals surface area contributed by atoms with Crippen LogP contribution in [0.25, 0.3) is 11.0 Å². The van der Waals surface area contributed by atoms with Crippen molar-refractivity contribution in [3.63, 3.8) is 0 Å². The molecule has 1 saturated carbocycles. The molecule has 0 aliphatic heterocycles. The number of rotatable bonds is 4. The first-order chi connectivity index (χ1) is 8.68. The Hall–Kier alpha value is -1.81. The number of para-hydroxylation sites is 1. The Morgan fingerprint density at radius 1 is 1.44 bits per heavy atom. The van der Waals surface area contributed by atoms with Gasteiger partial charge in [-0.25, -0.2) is 0 Å². The maximum absolute atomic E-state index is 11.5. The van der Waals surface area contributed by atoms with Crippen molar-refractivity contribution in [2.75, 3.05) is 7.05 Å².